The lowest BCUT2D eigenvalue weighted by Gasteiger charge is -2.13. The zero-order valence-corrected chi connectivity index (χ0v) is 17.4. The number of Topliss-reactive ketones (excluding diaryl/α,β-unsaturated/α-hetero) is 1. The number of nitrogens with one attached hydrogen (secondary N) is 1. The molecule has 0 bridgehead atoms. The van der Waals surface area contributed by atoms with Crippen LogP contribution in [0.2, 0.25) is 0 Å². The van der Waals surface area contributed by atoms with Crippen LogP contribution in [0.25, 0.3) is 5.69 Å². The van der Waals surface area contributed by atoms with Gasteiger partial charge in [-0.1, -0.05) is 30.0 Å². The molecule has 1 saturated heterocycles. The first-order valence-electron chi connectivity index (χ1n) is 10.3. The Labute approximate surface area is 178 Å². The summed E-state index contributed by atoms with van der Waals surface area (Å²) in [6.07, 6.45) is 5.97. The number of nitrogens with zero attached hydrogens (tertiary/aromatic N) is 4. The molecule has 0 unspecified atom stereocenters. The summed E-state index contributed by atoms with van der Waals surface area (Å²) in [6, 6.07) is 11.6. The summed E-state index contributed by atoms with van der Waals surface area (Å²) < 4.78 is 1.90. The van der Waals surface area contributed by atoms with Crippen molar-refractivity contribution in [3.8, 4) is 5.69 Å². The predicted molar refractivity (Wildman–Crippen MR) is 114 cm³/mol. The number of aromatic nitrogens is 4. The molecule has 1 amide bonds. The summed E-state index contributed by atoms with van der Waals surface area (Å²) in [5, 5.41) is 5.25. The fourth-order valence-electron chi connectivity index (χ4n) is 3.71. The van der Waals surface area contributed by atoms with Crippen molar-refractivity contribution in [1.82, 2.24) is 24.6 Å². The third-order valence-corrected chi connectivity index (χ3v) is 6.35. The van der Waals surface area contributed by atoms with Gasteiger partial charge in [-0.15, -0.1) is 5.10 Å². The first kappa shape index (κ1) is 19.1. The van der Waals surface area contributed by atoms with Crippen molar-refractivity contribution in [3.05, 3.63) is 59.7 Å². The molecule has 3 heterocycles. The summed E-state index contributed by atoms with van der Waals surface area (Å²) in [4.78, 5) is 34.6. The maximum absolute atomic E-state index is 12.7. The number of para-hydroxylation sites is 1. The molecule has 2 fully saturated rings. The van der Waals surface area contributed by atoms with Gasteiger partial charge in [0, 0.05) is 30.8 Å². The largest absolute Gasteiger partial charge is 0.356 e. The lowest BCUT2D eigenvalue weighted by molar-refractivity contribution is 0.0787. The molecule has 154 valence electrons. The summed E-state index contributed by atoms with van der Waals surface area (Å²) in [6.45, 7) is 1.58. The monoisotopic (exact) mass is 421 g/mol. The van der Waals surface area contributed by atoms with E-state index in [1.54, 1.807) is 12.3 Å². The maximum Gasteiger partial charge on any atom is 0.270 e. The first-order valence-corrected chi connectivity index (χ1v) is 11.3. The van der Waals surface area contributed by atoms with Gasteiger partial charge in [-0.05, 0) is 43.9 Å². The molecule has 8 heteroatoms. The Morgan fingerprint density at radius 2 is 1.90 bits per heavy atom. The van der Waals surface area contributed by atoms with E-state index in [1.165, 1.54) is 11.8 Å². The summed E-state index contributed by atoms with van der Waals surface area (Å²) in [5.41, 5.74) is 1.99. The highest BCUT2D eigenvalue weighted by Crippen LogP contribution is 2.40. The van der Waals surface area contributed by atoms with Crippen molar-refractivity contribution >= 4 is 23.5 Å². The van der Waals surface area contributed by atoms with Gasteiger partial charge in [-0.3, -0.25) is 9.59 Å². The van der Waals surface area contributed by atoms with Crippen LogP contribution in [0.3, 0.4) is 0 Å². The summed E-state index contributed by atoms with van der Waals surface area (Å²) in [7, 11) is 0. The van der Waals surface area contributed by atoms with Crippen LogP contribution < -0.4 is 0 Å². The van der Waals surface area contributed by atoms with Crippen LogP contribution in [0.5, 0.6) is 0 Å². The molecular formula is C22H23N5O2S. The zero-order valence-electron chi connectivity index (χ0n) is 16.6. The van der Waals surface area contributed by atoms with Crippen molar-refractivity contribution in [1.29, 1.82) is 0 Å². The van der Waals surface area contributed by atoms with E-state index in [2.05, 4.69) is 10.1 Å². The van der Waals surface area contributed by atoms with Gasteiger partial charge in [0.05, 0.1) is 11.4 Å². The predicted octanol–water partition coefficient (Wildman–Crippen LogP) is 3.68. The van der Waals surface area contributed by atoms with Gasteiger partial charge in [0.15, 0.2) is 5.78 Å². The first-order chi connectivity index (χ1) is 14.7. The molecular weight excluding hydrogens is 398 g/mol. The molecule has 30 heavy (non-hydrogen) atoms. The van der Waals surface area contributed by atoms with Crippen LogP contribution >= 0.6 is 11.8 Å². The van der Waals surface area contributed by atoms with Crippen LogP contribution in [-0.4, -0.2) is 55.2 Å². The minimum Gasteiger partial charge on any atom is -0.356 e. The van der Waals surface area contributed by atoms with Gasteiger partial charge in [-0.2, -0.15) is 0 Å². The van der Waals surface area contributed by atoms with Gasteiger partial charge in [0.1, 0.15) is 11.5 Å². The van der Waals surface area contributed by atoms with Crippen molar-refractivity contribution in [2.45, 2.75) is 36.8 Å². The number of likely N-dealkylation sites (tertiary alicyclic amines) is 1. The molecule has 5 rings (SSSR count). The number of H-pyrrole nitrogens is 1. The number of aromatic amines is 1. The molecule has 1 aliphatic heterocycles. The topological polar surface area (TPSA) is 83.9 Å². The summed E-state index contributed by atoms with van der Waals surface area (Å²) >= 11 is 1.34. The Morgan fingerprint density at radius 3 is 2.63 bits per heavy atom. The number of carbonyl (C=O) groups excluding carboxylic acids is 2. The highest BCUT2D eigenvalue weighted by atomic mass is 32.2. The molecule has 1 aromatic carbocycles. The van der Waals surface area contributed by atoms with Crippen LogP contribution in [0, 0.1) is 0 Å². The molecule has 3 aromatic rings. The second kappa shape index (κ2) is 8.10. The van der Waals surface area contributed by atoms with Crippen LogP contribution in [0.1, 0.15) is 58.3 Å². The van der Waals surface area contributed by atoms with Crippen LogP contribution in [0.4, 0.5) is 0 Å². The average molecular weight is 422 g/mol. The normalized spacial score (nSPS) is 16.2. The fraction of sp³-hybridized carbons (Fsp3) is 0.364. The van der Waals surface area contributed by atoms with Gasteiger partial charge in [0.25, 0.3) is 5.91 Å². The SMILES string of the molecule is O=C(CSc1nc(C2CC2)n(-c2ccccc2)n1)c1c[nH]c(C(=O)N2CCCC2)c1. The van der Waals surface area contributed by atoms with Crippen molar-refractivity contribution in [2.24, 2.45) is 0 Å². The Hall–Kier alpha value is -2.87. The third kappa shape index (κ3) is 3.92. The standard InChI is InChI=1S/C22H23N5O2S/c28-19(16-12-18(23-13-16)21(29)26-10-4-5-11-26)14-30-22-24-20(15-8-9-15)27(25-22)17-6-2-1-3-7-17/h1-3,6-7,12-13,15,23H,4-5,8-11,14H2. The highest BCUT2D eigenvalue weighted by Gasteiger charge is 2.30. The number of carbonyl (C=O) groups is 2. The fourth-order valence-corrected chi connectivity index (χ4v) is 4.44. The quantitative estimate of drug-likeness (QED) is 0.465. The van der Waals surface area contributed by atoms with E-state index in [1.807, 2.05) is 39.9 Å². The molecule has 2 aromatic heterocycles. The Morgan fingerprint density at radius 1 is 1.13 bits per heavy atom. The number of amides is 1. The van der Waals surface area contributed by atoms with Crippen molar-refractivity contribution < 1.29 is 9.59 Å². The van der Waals surface area contributed by atoms with Crippen molar-refractivity contribution in [3.63, 3.8) is 0 Å². The smallest absolute Gasteiger partial charge is 0.270 e. The van der Waals surface area contributed by atoms with Gasteiger partial charge in [-0.25, -0.2) is 9.67 Å². The molecule has 0 atom stereocenters. The van der Waals surface area contributed by atoms with E-state index in [9.17, 15) is 9.59 Å². The molecule has 1 N–H and O–H groups in total. The van der Waals surface area contributed by atoms with E-state index >= 15 is 0 Å². The Kier molecular flexibility index (Phi) is 5.16. The zero-order chi connectivity index (χ0) is 20.5. The van der Waals surface area contributed by atoms with E-state index in [0.717, 1.165) is 50.3 Å². The highest BCUT2D eigenvalue weighted by molar-refractivity contribution is 7.99. The summed E-state index contributed by atoms with van der Waals surface area (Å²) in [5.74, 6) is 1.58. The molecule has 2 aliphatic rings. The van der Waals surface area contributed by atoms with E-state index in [0.29, 0.717) is 22.3 Å². The van der Waals surface area contributed by atoms with E-state index < -0.39 is 0 Å². The number of ketones is 1. The average Bonchev–Trinajstić information content (AvgIpc) is 3.20. The number of rotatable bonds is 7. The third-order valence-electron chi connectivity index (χ3n) is 5.52. The number of thioether (sulfide) groups is 1. The lowest BCUT2D eigenvalue weighted by atomic mass is 10.2. The molecule has 1 aliphatic carbocycles. The Bertz CT molecular complexity index is 1060. The molecule has 0 radical (unpaired) electrons. The Balaban J connectivity index is 1.26. The van der Waals surface area contributed by atoms with Crippen molar-refractivity contribution in [2.75, 3.05) is 18.8 Å². The maximum atomic E-state index is 12.7. The van der Waals surface area contributed by atoms with Gasteiger partial charge >= 0.3 is 0 Å². The van der Waals surface area contributed by atoms with Crippen LogP contribution in [-0.2, 0) is 0 Å². The van der Waals surface area contributed by atoms with Crippen LogP contribution in [0.15, 0.2) is 47.8 Å². The minimum absolute atomic E-state index is 0.0310. The van der Waals surface area contributed by atoms with E-state index in [4.69, 9.17) is 4.98 Å². The number of hydrogen-bond acceptors (Lipinski definition) is 5. The van der Waals surface area contributed by atoms with Gasteiger partial charge in [0.2, 0.25) is 5.16 Å². The van der Waals surface area contributed by atoms with Gasteiger partial charge < -0.3 is 9.88 Å². The number of hydrogen-bond donors (Lipinski definition) is 1. The second-order valence-electron chi connectivity index (χ2n) is 7.79. The second-order valence-corrected chi connectivity index (χ2v) is 8.73. The lowest BCUT2D eigenvalue weighted by Crippen LogP contribution is -2.27. The minimum atomic E-state index is -0.0410. The molecule has 7 nitrogen and oxygen atoms in total. The van der Waals surface area contributed by atoms with E-state index in [-0.39, 0.29) is 17.4 Å². The number of benzene rings is 1. The molecule has 1 saturated carbocycles. The molecule has 0 spiro atoms.